The average Bonchev–Trinajstić information content (AvgIpc) is 3.03. The molecule has 0 aliphatic heterocycles. The number of aromatic nitrogens is 3. The number of pyridine rings is 1. The quantitative estimate of drug-likeness (QED) is 0.436. The minimum atomic E-state index is -0.365. The van der Waals surface area contributed by atoms with Gasteiger partial charge in [-0.15, -0.1) is 11.3 Å². The molecule has 3 aromatic rings. The van der Waals surface area contributed by atoms with Crippen LogP contribution in [-0.4, -0.2) is 26.1 Å². The van der Waals surface area contributed by atoms with Gasteiger partial charge in [-0.05, 0) is 44.2 Å². The molecule has 0 saturated heterocycles. The number of rotatable bonds is 4. The zero-order valence-electron chi connectivity index (χ0n) is 14.5. The second-order valence-electron chi connectivity index (χ2n) is 6.30. The first kappa shape index (κ1) is 18.9. The van der Waals surface area contributed by atoms with Gasteiger partial charge in [-0.25, -0.2) is 15.0 Å². The van der Waals surface area contributed by atoms with Gasteiger partial charge >= 0.3 is 0 Å². The molecule has 1 N–H and O–H groups in total. The van der Waals surface area contributed by atoms with Gasteiger partial charge in [-0.1, -0.05) is 35.0 Å². The maximum absolute atomic E-state index is 12.6. The fourth-order valence-electron chi connectivity index (χ4n) is 3.10. The van der Waals surface area contributed by atoms with Crippen LogP contribution in [0.4, 0.5) is 5.82 Å². The van der Waals surface area contributed by atoms with E-state index in [-0.39, 0.29) is 11.2 Å². The highest BCUT2D eigenvalue weighted by Crippen LogP contribution is 2.40. The van der Waals surface area contributed by atoms with E-state index in [0.717, 1.165) is 28.1 Å². The van der Waals surface area contributed by atoms with Crippen LogP contribution in [0.25, 0.3) is 10.2 Å². The summed E-state index contributed by atoms with van der Waals surface area (Å²) in [5.41, 5.74) is 1.36. The lowest BCUT2D eigenvalue weighted by Gasteiger charge is -2.14. The van der Waals surface area contributed by atoms with Crippen LogP contribution in [0.1, 0.15) is 30.2 Å². The maximum Gasteiger partial charge on any atom is 0.238 e. The molecule has 1 atom stereocenters. The molecule has 1 unspecified atom stereocenters. The predicted molar refractivity (Wildman–Crippen MR) is 112 cm³/mol. The standard InChI is InChI=1S/C18H16Cl2N4OS2/c1-9(16(25)24-15-12(20)6-10(19)7-21-15)26-17-14-11-4-2-3-5-13(11)27-18(14)23-8-22-17/h6-9H,2-5H2,1H3,(H,21,24,25). The van der Waals surface area contributed by atoms with E-state index < -0.39 is 0 Å². The molecule has 0 bridgehead atoms. The SMILES string of the molecule is CC(Sc1ncnc2sc3c(c12)CCCC3)C(=O)Nc1ncc(Cl)cc1Cl. The second kappa shape index (κ2) is 7.91. The third-order valence-electron chi connectivity index (χ3n) is 4.42. The summed E-state index contributed by atoms with van der Waals surface area (Å²) in [5.74, 6) is 0.117. The topological polar surface area (TPSA) is 67.8 Å². The normalized spacial score (nSPS) is 14.8. The number of nitrogens with one attached hydrogen (secondary N) is 1. The molecule has 140 valence electrons. The Labute approximate surface area is 174 Å². The van der Waals surface area contributed by atoms with Gasteiger partial charge in [-0.2, -0.15) is 0 Å². The zero-order valence-corrected chi connectivity index (χ0v) is 17.6. The summed E-state index contributed by atoms with van der Waals surface area (Å²) in [6, 6.07) is 1.55. The van der Waals surface area contributed by atoms with E-state index in [4.69, 9.17) is 23.2 Å². The molecule has 0 fully saturated rings. The van der Waals surface area contributed by atoms with E-state index in [0.29, 0.717) is 15.9 Å². The van der Waals surface area contributed by atoms with Crippen molar-refractivity contribution in [2.75, 3.05) is 5.32 Å². The maximum atomic E-state index is 12.6. The first-order valence-corrected chi connectivity index (χ1v) is 11.0. The Morgan fingerprint density at radius 2 is 2.07 bits per heavy atom. The van der Waals surface area contributed by atoms with Crippen LogP contribution < -0.4 is 5.32 Å². The number of carbonyl (C=O) groups is 1. The molecule has 1 aliphatic rings. The van der Waals surface area contributed by atoms with Crippen molar-refractivity contribution in [3.63, 3.8) is 0 Å². The first-order valence-electron chi connectivity index (χ1n) is 8.56. The molecule has 0 radical (unpaired) electrons. The molecule has 3 aromatic heterocycles. The van der Waals surface area contributed by atoms with Crippen molar-refractivity contribution < 1.29 is 4.79 Å². The molecule has 27 heavy (non-hydrogen) atoms. The number of anilines is 1. The van der Waals surface area contributed by atoms with Gasteiger partial charge in [0.2, 0.25) is 5.91 Å². The Balaban J connectivity index is 1.56. The smallest absolute Gasteiger partial charge is 0.238 e. The van der Waals surface area contributed by atoms with Gasteiger partial charge in [0.05, 0.1) is 15.3 Å². The molecular formula is C18H16Cl2N4OS2. The van der Waals surface area contributed by atoms with Crippen LogP contribution in [-0.2, 0) is 17.6 Å². The molecule has 4 rings (SSSR count). The van der Waals surface area contributed by atoms with Crippen LogP contribution in [0.3, 0.4) is 0 Å². The molecule has 1 amide bonds. The van der Waals surface area contributed by atoms with Crippen LogP contribution in [0.15, 0.2) is 23.6 Å². The lowest BCUT2D eigenvalue weighted by atomic mass is 9.97. The Morgan fingerprint density at radius 3 is 2.89 bits per heavy atom. The Hall–Kier alpha value is -1.41. The molecule has 5 nitrogen and oxygen atoms in total. The second-order valence-corrected chi connectivity index (χ2v) is 9.56. The highest BCUT2D eigenvalue weighted by atomic mass is 35.5. The zero-order chi connectivity index (χ0) is 19.0. The Kier molecular flexibility index (Phi) is 5.55. The summed E-state index contributed by atoms with van der Waals surface area (Å²) in [4.78, 5) is 28.0. The van der Waals surface area contributed by atoms with E-state index in [1.165, 1.54) is 41.2 Å². The van der Waals surface area contributed by atoms with E-state index in [1.807, 2.05) is 6.92 Å². The summed E-state index contributed by atoms with van der Waals surface area (Å²) in [5, 5.41) is 5.10. The minimum Gasteiger partial charge on any atom is -0.308 e. The first-order chi connectivity index (χ1) is 13.0. The molecule has 0 saturated carbocycles. The van der Waals surface area contributed by atoms with Crippen molar-refractivity contribution in [1.82, 2.24) is 15.0 Å². The number of thiophene rings is 1. The molecule has 0 spiro atoms. The number of hydrogen-bond donors (Lipinski definition) is 1. The minimum absolute atomic E-state index is 0.187. The van der Waals surface area contributed by atoms with Crippen LogP contribution in [0.5, 0.6) is 0 Å². The Bertz CT molecular complexity index is 1020. The fourth-order valence-corrected chi connectivity index (χ4v) is 5.76. The van der Waals surface area contributed by atoms with Crippen LogP contribution in [0, 0.1) is 0 Å². The summed E-state index contributed by atoms with van der Waals surface area (Å²) < 4.78 is 0. The van der Waals surface area contributed by atoms with E-state index >= 15 is 0 Å². The number of nitrogens with zero attached hydrogens (tertiary/aromatic N) is 3. The van der Waals surface area contributed by atoms with Crippen molar-refractivity contribution in [3.8, 4) is 0 Å². The number of amides is 1. The van der Waals surface area contributed by atoms with E-state index in [1.54, 1.807) is 23.7 Å². The van der Waals surface area contributed by atoms with Gasteiger partial charge < -0.3 is 5.32 Å². The van der Waals surface area contributed by atoms with Gasteiger partial charge in [0.15, 0.2) is 5.82 Å². The van der Waals surface area contributed by atoms with Crippen molar-refractivity contribution in [1.29, 1.82) is 0 Å². The number of fused-ring (bicyclic) bond motifs is 3. The van der Waals surface area contributed by atoms with Crippen molar-refractivity contribution in [2.45, 2.75) is 42.9 Å². The largest absolute Gasteiger partial charge is 0.308 e. The third kappa shape index (κ3) is 3.92. The lowest BCUT2D eigenvalue weighted by molar-refractivity contribution is -0.115. The summed E-state index contributed by atoms with van der Waals surface area (Å²) in [6.45, 7) is 1.84. The highest BCUT2D eigenvalue weighted by Gasteiger charge is 2.23. The molecule has 3 heterocycles. The van der Waals surface area contributed by atoms with Gasteiger partial charge in [0.25, 0.3) is 0 Å². The Morgan fingerprint density at radius 1 is 1.26 bits per heavy atom. The summed E-state index contributed by atoms with van der Waals surface area (Å²) in [7, 11) is 0. The molecule has 1 aliphatic carbocycles. The van der Waals surface area contributed by atoms with Gasteiger partial charge in [-0.3, -0.25) is 4.79 Å². The predicted octanol–water partition coefficient (Wildman–Crippen LogP) is 5.39. The van der Waals surface area contributed by atoms with Crippen molar-refractivity contribution >= 4 is 68.2 Å². The third-order valence-corrected chi connectivity index (χ3v) is 7.22. The van der Waals surface area contributed by atoms with E-state index in [9.17, 15) is 4.79 Å². The monoisotopic (exact) mass is 438 g/mol. The number of carbonyl (C=O) groups excluding carboxylic acids is 1. The molecular weight excluding hydrogens is 423 g/mol. The number of thioether (sulfide) groups is 1. The van der Waals surface area contributed by atoms with Crippen LogP contribution >= 0.6 is 46.3 Å². The number of halogens is 2. The van der Waals surface area contributed by atoms with Crippen LogP contribution in [0.2, 0.25) is 10.0 Å². The fraction of sp³-hybridized carbons (Fsp3) is 0.333. The summed E-state index contributed by atoms with van der Waals surface area (Å²) >= 11 is 15.1. The van der Waals surface area contributed by atoms with E-state index in [2.05, 4.69) is 20.3 Å². The average molecular weight is 439 g/mol. The van der Waals surface area contributed by atoms with Gasteiger partial charge in [0, 0.05) is 16.5 Å². The summed E-state index contributed by atoms with van der Waals surface area (Å²) in [6.07, 6.45) is 7.61. The molecule has 9 heteroatoms. The molecule has 0 aromatic carbocycles. The number of hydrogen-bond acceptors (Lipinski definition) is 6. The van der Waals surface area contributed by atoms with Crippen molar-refractivity contribution in [2.24, 2.45) is 0 Å². The van der Waals surface area contributed by atoms with Crippen molar-refractivity contribution in [3.05, 3.63) is 39.1 Å². The van der Waals surface area contributed by atoms with Gasteiger partial charge in [0.1, 0.15) is 16.2 Å². The highest BCUT2D eigenvalue weighted by molar-refractivity contribution is 8.00. The number of aryl methyl sites for hydroxylation is 2. The lowest BCUT2D eigenvalue weighted by Crippen LogP contribution is -2.23.